The van der Waals surface area contributed by atoms with Crippen LogP contribution in [-0.2, 0) is 17.8 Å². The SMILES string of the molecule is CCOc1ccc(CC(=O)NCCn2nc(-c3ccc(Cl)cc3)ccc2=O)cc1. The van der Waals surface area contributed by atoms with Crippen LogP contribution in [0.3, 0.4) is 0 Å². The molecule has 150 valence electrons. The Kier molecular flexibility index (Phi) is 7.03. The van der Waals surface area contributed by atoms with Crippen LogP contribution in [0.15, 0.2) is 65.5 Å². The summed E-state index contributed by atoms with van der Waals surface area (Å²) in [6.07, 6.45) is 0.263. The van der Waals surface area contributed by atoms with Gasteiger partial charge in [-0.05, 0) is 42.8 Å². The van der Waals surface area contributed by atoms with Crippen LogP contribution in [0.1, 0.15) is 12.5 Å². The fourth-order valence-corrected chi connectivity index (χ4v) is 2.93. The van der Waals surface area contributed by atoms with Crippen molar-refractivity contribution in [3.63, 3.8) is 0 Å². The predicted molar refractivity (Wildman–Crippen MR) is 113 cm³/mol. The average Bonchev–Trinajstić information content (AvgIpc) is 2.72. The van der Waals surface area contributed by atoms with Crippen molar-refractivity contribution in [1.29, 1.82) is 0 Å². The molecular weight excluding hydrogens is 390 g/mol. The van der Waals surface area contributed by atoms with Gasteiger partial charge in [0.1, 0.15) is 5.75 Å². The minimum atomic E-state index is -0.219. The van der Waals surface area contributed by atoms with Crippen LogP contribution in [0, 0.1) is 0 Å². The van der Waals surface area contributed by atoms with Gasteiger partial charge in [-0.2, -0.15) is 5.10 Å². The highest BCUT2D eigenvalue weighted by Gasteiger charge is 2.06. The van der Waals surface area contributed by atoms with Gasteiger partial charge >= 0.3 is 0 Å². The Bertz CT molecular complexity index is 1010. The number of benzene rings is 2. The minimum absolute atomic E-state index is 0.115. The first kappa shape index (κ1) is 20.6. The first-order valence-corrected chi connectivity index (χ1v) is 9.75. The van der Waals surface area contributed by atoms with E-state index in [1.165, 1.54) is 10.7 Å². The molecule has 0 radical (unpaired) electrons. The van der Waals surface area contributed by atoms with E-state index in [0.717, 1.165) is 16.9 Å². The Morgan fingerprint density at radius 1 is 1.07 bits per heavy atom. The topological polar surface area (TPSA) is 73.2 Å². The van der Waals surface area contributed by atoms with E-state index in [1.54, 1.807) is 18.2 Å². The van der Waals surface area contributed by atoms with Crippen molar-refractivity contribution in [2.45, 2.75) is 19.9 Å². The first-order valence-electron chi connectivity index (χ1n) is 9.37. The van der Waals surface area contributed by atoms with Gasteiger partial charge in [0, 0.05) is 23.2 Å². The van der Waals surface area contributed by atoms with Crippen LogP contribution in [0.5, 0.6) is 5.75 Å². The third-order valence-electron chi connectivity index (χ3n) is 4.25. The van der Waals surface area contributed by atoms with Crippen LogP contribution in [0.25, 0.3) is 11.3 Å². The first-order chi connectivity index (χ1) is 14.0. The summed E-state index contributed by atoms with van der Waals surface area (Å²) in [6.45, 7) is 3.13. The molecule has 0 bridgehead atoms. The number of aromatic nitrogens is 2. The number of hydrogen-bond donors (Lipinski definition) is 1. The van der Waals surface area contributed by atoms with Crippen LogP contribution in [0.2, 0.25) is 5.02 Å². The smallest absolute Gasteiger partial charge is 0.266 e. The van der Waals surface area contributed by atoms with E-state index in [-0.39, 0.29) is 24.4 Å². The molecule has 0 aliphatic heterocycles. The van der Waals surface area contributed by atoms with Crippen molar-refractivity contribution >= 4 is 17.5 Å². The molecule has 1 amide bonds. The molecule has 3 aromatic rings. The normalized spacial score (nSPS) is 10.6. The summed E-state index contributed by atoms with van der Waals surface area (Å²) in [5.41, 5.74) is 2.21. The monoisotopic (exact) mass is 411 g/mol. The van der Waals surface area contributed by atoms with Crippen LogP contribution in [-0.4, -0.2) is 28.8 Å². The van der Waals surface area contributed by atoms with Crippen molar-refractivity contribution in [2.75, 3.05) is 13.2 Å². The molecular formula is C22H22ClN3O3. The second-order valence-electron chi connectivity index (χ2n) is 6.39. The second-order valence-corrected chi connectivity index (χ2v) is 6.83. The largest absolute Gasteiger partial charge is 0.494 e. The van der Waals surface area contributed by atoms with Gasteiger partial charge in [0.05, 0.1) is 25.3 Å². The van der Waals surface area contributed by atoms with Gasteiger partial charge in [0.25, 0.3) is 5.56 Å². The molecule has 1 aromatic heterocycles. The Morgan fingerprint density at radius 3 is 2.48 bits per heavy atom. The Labute approximate surface area is 174 Å². The molecule has 0 atom stereocenters. The van der Waals surface area contributed by atoms with Crippen LogP contribution >= 0.6 is 11.6 Å². The number of nitrogens with one attached hydrogen (secondary N) is 1. The zero-order valence-corrected chi connectivity index (χ0v) is 16.9. The summed E-state index contributed by atoms with van der Waals surface area (Å²) in [5.74, 6) is 0.666. The molecule has 0 unspecified atom stereocenters. The molecule has 29 heavy (non-hydrogen) atoms. The van der Waals surface area contributed by atoms with E-state index in [9.17, 15) is 9.59 Å². The third kappa shape index (κ3) is 5.93. The summed E-state index contributed by atoms with van der Waals surface area (Å²) in [5, 5.41) is 7.84. The molecule has 0 fully saturated rings. The lowest BCUT2D eigenvalue weighted by molar-refractivity contribution is -0.120. The highest BCUT2D eigenvalue weighted by atomic mass is 35.5. The van der Waals surface area contributed by atoms with Gasteiger partial charge in [-0.25, -0.2) is 4.68 Å². The second kappa shape index (κ2) is 9.89. The Morgan fingerprint density at radius 2 is 1.79 bits per heavy atom. The van der Waals surface area contributed by atoms with Crippen LogP contribution < -0.4 is 15.6 Å². The van der Waals surface area contributed by atoms with Gasteiger partial charge in [-0.3, -0.25) is 9.59 Å². The summed E-state index contributed by atoms with van der Waals surface area (Å²) in [7, 11) is 0. The molecule has 6 nitrogen and oxygen atoms in total. The highest BCUT2D eigenvalue weighted by Crippen LogP contribution is 2.18. The number of carbonyl (C=O) groups is 1. The van der Waals surface area contributed by atoms with Gasteiger partial charge in [-0.1, -0.05) is 35.9 Å². The third-order valence-corrected chi connectivity index (χ3v) is 4.50. The lowest BCUT2D eigenvalue weighted by Crippen LogP contribution is -2.32. The summed E-state index contributed by atoms with van der Waals surface area (Å²) >= 11 is 5.91. The fourth-order valence-electron chi connectivity index (χ4n) is 2.80. The molecule has 0 aliphatic carbocycles. The zero-order valence-electron chi connectivity index (χ0n) is 16.1. The van der Waals surface area contributed by atoms with Gasteiger partial charge in [-0.15, -0.1) is 0 Å². The van der Waals surface area contributed by atoms with Crippen molar-refractivity contribution < 1.29 is 9.53 Å². The summed E-state index contributed by atoms with van der Waals surface area (Å²) in [4.78, 5) is 24.2. The average molecular weight is 412 g/mol. The number of ether oxygens (including phenoxy) is 1. The van der Waals surface area contributed by atoms with Gasteiger partial charge < -0.3 is 10.1 Å². The van der Waals surface area contributed by atoms with Crippen molar-refractivity contribution in [3.8, 4) is 17.0 Å². The van der Waals surface area contributed by atoms with E-state index >= 15 is 0 Å². The molecule has 0 spiro atoms. The molecule has 0 saturated heterocycles. The molecule has 0 aliphatic rings. The number of nitrogens with zero attached hydrogens (tertiary/aromatic N) is 2. The lowest BCUT2D eigenvalue weighted by Gasteiger charge is -2.09. The van der Waals surface area contributed by atoms with Crippen LogP contribution in [0.4, 0.5) is 0 Å². The number of halogens is 1. The molecule has 1 N–H and O–H groups in total. The maximum atomic E-state index is 12.2. The Balaban J connectivity index is 1.55. The highest BCUT2D eigenvalue weighted by molar-refractivity contribution is 6.30. The molecule has 1 heterocycles. The zero-order chi connectivity index (χ0) is 20.6. The molecule has 0 saturated carbocycles. The van der Waals surface area contributed by atoms with Gasteiger partial charge in [0.15, 0.2) is 0 Å². The number of hydrogen-bond acceptors (Lipinski definition) is 4. The van der Waals surface area contributed by atoms with Crippen molar-refractivity contribution in [3.05, 3.63) is 81.6 Å². The molecule has 2 aromatic carbocycles. The minimum Gasteiger partial charge on any atom is -0.494 e. The van der Waals surface area contributed by atoms with Gasteiger partial charge in [0.2, 0.25) is 5.91 Å². The summed E-state index contributed by atoms with van der Waals surface area (Å²) < 4.78 is 6.74. The number of rotatable bonds is 8. The van der Waals surface area contributed by atoms with E-state index in [4.69, 9.17) is 16.3 Å². The van der Waals surface area contributed by atoms with Crippen molar-refractivity contribution in [2.24, 2.45) is 0 Å². The number of carbonyl (C=O) groups excluding carboxylic acids is 1. The van der Waals surface area contributed by atoms with E-state index < -0.39 is 0 Å². The van der Waals surface area contributed by atoms with E-state index in [0.29, 0.717) is 23.9 Å². The fraction of sp³-hybridized carbons (Fsp3) is 0.227. The lowest BCUT2D eigenvalue weighted by atomic mass is 10.1. The Hall–Kier alpha value is -3.12. The van der Waals surface area contributed by atoms with E-state index in [2.05, 4.69) is 10.4 Å². The standard InChI is InChI=1S/C22H22ClN3O3/c1-2-29-19-9-3-16(4-10-19)15-21(27)24-13-14-26-22(28)12-11-20(25-26)17-5-7-18(23)8-6-17/h3-12H,2,13-15H2,1H3,(H,24,27). The maximum absolute atomic E-state index is 12.2. The summed E-state index contributed by atoms with van der Waals surface area (Å²) in [6, 6.07) is 17.8. The molecule has 3 rings (SSSR count). The molecule has 7 heteroatoms. The number of amides is 1. The quantitative estimate of drug-likeness (QED) is 0.617. The predicted octanol–water partition coefficient (Wildman–Crippen LogP) is 3.32. The maximum Gasteiger partial charge on any atom is 0.266 e. The van der Waals surface area contributed by atoms with E-state index in [1.807, 2.05) is 43.3 Å². The van der Waals surface area contributed by atoms with Crippen molar-refractivity contribution in [1.82, 2.24) is 15.1 Å².